The van der Waals surface area contributed by atoms with Crippen LogP contribution < -0.4 is 5.73 Å². The fourth-order valence-corrected chi connectivity index (χ4v) is 5.45. The molecule has 0 aromatic heterocycles. The van der Waals surface area contributed by atoms with Crippen LogP contribution in [0.2, 0.25) is 25.7 Å². The molecule has 72 valence electrons. The third kappa shape index (κ3) is 2.59. The summed E-state index contributed by atoms with van der Waals surface area (Å²) in [5, 5.41) is 0. The minimum atomic E-state index is -0.896. The van der Waals surface area contributed by atoms with E-state index >= 15 is 0 Å². The van der Waals surface area contributed by atoms with E-state index in [0.717, 1.165) is 6.54 Å². The molecule has 0 saturated heterocycles. The first-order valence-electron chi connectivity index (χ1n) is 5.18. The third-order valence-corrected chi connectivity index (χ3v) is 4.81. The van der Waals surface area contributed by atoms with Gasteiger partial charge in [0.25, 0.3) is 0 Å². The van der Waals surface area contributed by atoms with Gasteiger partial charge in [-0.1, -0.05) is 38.5 Å². The van der Waals surface area contributed by atoms with Gasteiger partial charge in [-0.3, -0.25) is 0 Å². The molecule has 0 aromatic rings. The maximum Gasteiger partial charge on any atom is 0.0448 e. The van der Waals surface area contributed by atoms with Crippen LogP contribution in [-0.2, 0) is 0 Å². The Bertz CT molecular complexity index is 142. The molecule has 0 bridgehead atoms. The summed E-state index contributed by atoms with van der Waals surface area (Å²) in [6, 6.07) is 1.44. The zero-order valence-electron chi connectivity index (χ0n) is 8.82. The lowest BCUT2D eigenvalue weighted by Gasteiger charge is -2.33. The van der Waals surface area contributed by atoms with Gasteiger partial charge in [-0.05, 0) is 24.8 Å². The lowest BCUT2D eigenvalue weighted by Crippen LogP contribution is -2.36. The zero-order valence-corrected chi connectivity index (χ0v) is 9.82. The van der Waals surface area contributed by atoms with Gasteiger partial charge in [0.05, 0.1) is 0 Å². The van der Waals surface area contributed by atoms with Gasteiger partial charge < -0.3 is 5.73 Å². The highest BCUT2D eigenvalue weighted by molar-refractivity contribution is 6.76. The van der Waals surface area contributed by atoms with Crippen LogP contribution in [-0.4, -0.2) is 14.6 Å². The van der Waals surface area contributed by atoms with E-state index in [1.807, 2.05) is 0 Å². The molecule has 1 aliphatic rings. The van der Waals surface area contributed by atoms with E-state index < -0.39 is 8.07 Å². The molecule has 0 radical (unpaired) electrons. The smallest absolute Gasteiger partial charge is 0.0448 e. The molecule has 0 heterocycles. The molecule has 0 spiro atoms. The molecule has 1 aliphatic carbocycles. The molecule has 1 saturated carbocycles. The highest BCUT2D eigenvalue weighted by atomic mass is 28.3. The van der Waals surface area contributed by atoms with E-state index in [9.17, 15) is 0 Å². The highest BCUT2D eigenvalue weighted by Gasteiger charge is 2.36. The predicted octanol–water partition coefficient (Wildman–Crippen LogP) is 2.84. The predicted molar refractivity (Wildman–Crippen MR) is 58.1 cm³/mol. The van der Waals surface area contributed by atoms with Crippen molar-refractivity contribution in [3.63, 3.8) is 0 Å². The summed E-state index contributed by atoms with van der Waals surface area (Å²) in [6.45, 7) is 8.31. The van der Waals surface area contributed by atoms with Crippen LogP contribution >= 0.6 is 0 Å². The SMILES string of the molecule is C[Si](C)(C)CC1(CN)CCCC1. The van der Waals surface area contributed by atoms with E-state index in [4.69, 9.17) is 5.73 Å². The Balaban J connectivity index is 2.55. The summed E-state index contributed by atoms with van der Waals surface area (Å²) >= 11 is 0. The first-order valence-corrected chi connectivity index (χ1v) is 8.88. The van der Waals surface area contributed by atoms with Gasteiger partial charge >= 0.3 is 0 Å². The second-order valence-electron chi connectivity index (χ2n) is 5.65. The molecule has 0 atom stereocenters. The lowest BCUT2D eigenvalue weighted by molar-refractivity contribution is 0.345. The maximum atomic E-state index is 5.90. The Kier molecular flexibility index (Phi) is 3.00. The average Bonchev–Trinajstić information content (AvgIpc) is 2.34. The van der Waals surface area contributed by atoms with Crippen LogP contribution in [0.3, 0.4) is 0 Å². The van der Waals surface area contributed by atoms with Crippen molar-refractivity contribution in [1.82, 2.24) is 0 Å². The quantitative estimate of drug-likeness (QED) is 0.672. The van der Waals surface area contributed by atoms with Gasteiger partial charge in [0, 0.05) is 8.07 Å². The van der Waals surface area contributed by atoms with Gasteiger partial charge in [-0.2, -0.15) is 0 Å². The summed E-state index contributed by atoms with van der Waals surface area (Å²) in [7, 11) is -0.896. The molecule has 12 heavy (non-hydrogen) atoms. The van der Waals surface area contributed by atoms with E-state index in [-0.39, 0.29) is 0 Å². The molecule has 1 nitrogen and oxygen atoms in total. The Morgan fingerprint density at radius 3 is 2.00 bits per heavy atom. The van der Waals surface area contributed by atoms with Crippen molar-refractivity contribution in [2.45, 2.75) is 51.4 Å². The van der Waals surface area contributed by atoms with Crippen LogP contribution in [0.15, 0.2) is 0 Å². The lowest BCUT2D eigenvalue weighted by atomic mass is 9.89. The van der Waals surface area contributed by atoms with Crippen LogP contribution in [0.5, 0.6) is 0 Å². The summed E-state index contributed by atoms with van der Waals surface area (Å²) < 4.78 is 0. The molecule has 1 fully saturated rings. The van der Waals surface area contributed by atoms with E-state index in [2.05, 4.69) is 19.6 Å². The maximum absolute atomic E-state index is 5.90. The molecular weight excluding hydrogens is 162 g/mol. The molecule has 0 aliphatic heterocycles. The summed E-state index contributed by atoms with van der Waals surface area (Å²) in [5.74, 6) is 0. The Labute approximate surface area is 77.7 Å². The van der Waals surface area contributed by atoms with E-state index in [1.54, 1.807) is 0 Å². The van der Waals surface area contributed by atoms with Gasteiger partial charge in [-0.25, -0.2) is 0 Å². The van der Waals surface area contributed by atoms with Gasteiger partial charge in [0.15, 0.2) is 0 Å². The van der Waals surface area contributed by atoms with Crippen molar-refractivity contribution < 1.29 is 0 Å². The minimum absolute atomic E-state index is 0.560. The van der Waals surface area contributed by atoms with Crippen LogP contribution in [0.1, 0.15) is 25.7 Å². The first kappa shape index (κ1) is 10.3. The molecule has 0 amide bonds. The number of nitrogens with two attached hydrogens (primary N) is 1. The van der Waals surface area contributed by atoms with Crippen molar-refractivity contribution in [3.8, 4) is 0 Å². The third-order valence-electron chi connectivity index (χ3n) is 3.00. The molecule has 2 N–H and O–H groups in total. The molecular formula is C10H23NSi. The second-order valence-corrected chi connectivity index (χ2v) is 11.1. The summed E-state index contributed by atoms with van der Waals surface area (Å²) in [6.07, 6.45) is 5.63. The van der Waals surface area contributed by atoms with Crippen LogP contribution in [0.4, 0.5) is 0 Å². The summed E-state index contributed by atoms with van der Waals surface area (Å²) in [5.41, 5.74) is 6.46. The van der Waals surface area contributed by atoms with E-state index in [1.165, 1.54) is 31.7 Å². The van der Waals surface area contributed by atoms with Crippen molar-refractivity contribution in [2.24, 2.45) is 11.1 Å². The van der Waals surface area contributed by atoms with Crippen LogP contribution in [0.25, 0.3) is 0 Å². The van der Waals surface area contributed by atoms with Crippen molar-refractivity contribution >= 4 is 8.07 Å². The first-order chi connectivity index (χ1) is 5.47. The number of hydrogen-bond acceptors (Lipinski definition) is 1. The monoisotopic (exact) mass is 185 g/mol. The topological polar surface area (TPSA) is 26.0 Å². The van der Waals surface area contributed by atoms with Gasteiger partial charge in [-0.15, -0.1) is 0 Å². The van der Waals surface area contributed by atoms with E-state index in [0.29, 0.717) is 5.41 Å². The van der Waals surface area contributed by atoms with Crippen molar-refractivity contribution in [1.29, 1.82) is 0 Å². The fraction of sp³-hybridized carbons (Fsp3) is 1.00. The van der Waals surface area contributed by atoms with Gasteiger partial charge in [0.2, 0.25) is 0 Å². The van der Waals surface area contributed by atoms with Gasteiger partial charge in [0.1, 0.15) is 0 Å². The minimum Gasteiger partial charge on any atom is -0.330 e. The average molecular weight is 185 g/mol. The summed E-state index contributed by atoms with van der Waals surface area (Å²) in [4.78, 5) is 0. The zero-order chi connectivity index (χ0) is 9.24. The molecule has 0 aromatic carbocycles. The Hall–Kier alpha value is 0.177. The molecule has 0 unspecified atom stereocenters. The number of hydrogen-bond donors (Lipinski definition) is 1. The normalized spacial score (nSPS) is 23.0. The number of rotatable bonds is 3. The highest BCUT2D eigenvalue weighted by Crippen LogP contribution is 2.43. The van der Waals surface area contributed by atoms with Crippen molar-refractivity contribution in [2.75, 3.05) is 6.54 Å². The Morgan fingerprint density at radius 1 is 1.17 bits per heavy atom. The van der Waals surface area contributed by atoms with Crippen LogP contribution in [0, 0.1) is 5.41 Å². The standard InChI is InChI=1S/C10H23NSi/c1-12(2,3)9-10(8-11)6-4-5-7-10/h4-9,11H2,1-3H3. The molecule has 1 rings (SSSR count). The second kappa shape index (κ2) is 3.50. The molecule has 2 heteroatoms. The fourth-order valence-electron chi connectivity index (χ4n) is 2.70. The largest absolute Gasteiger partial charge is 0.330 e. The van der Waals surface area contributed by atoms with Crippen molar-refractivity contribution in [3.05, 3.63) is 0 Å². The Morgan fingerprint density at radius 2 is 1.67 bits per heavy atom.